The van der Waals surface area contributed by atoms with Crippen molar-refractivity contribution in [3.05, 3.63) is 71.8 Å². The van der Waals surface area contributed by atoms with Crippen molar-refractivity contribution >= 4 is 11.1 Å². The Kier molecular flexibility index (Phi) is 4.58. The van der Waals surface area contributed by atoms with Crippen LogP contribution < -0.4 is 9.47 Å². The van der Waals surface area contributed by atoms with Crippen LogP contribution in [0.2, 0.25) is 0 Å². The number of methoxy groups -OCH3 is 2. The molecule has 0 radical (unpaired) electrons. The number of ether oxygens (including phenoxy) is 2. The Balaban J connectivity index is 1.87. The lowest BCUT2D eigenvalue weighted by Gasteiger charge is -2.39. The number of allylic oxidation sites excluding steroid dienone is 4. The summed E-state index contributed by atoms with van der Waals surface area (Å²) < 4.78 is 11.4. The zero-order valence-electron chi connectivity index (χ0n) is 15.6. The molecular formula is C24H26O2. The molecule has 2 aliphatic carbocycles. The van der Waals surface area contributed by atoms with Crippen molar-refractivity contribution in [2.45, 2.75) is 32.1 Å². The van der Waals surface area contributed by atoms with Crippen LogP contribution in [-0.4, -0.2) is 14.2 Å². The maximum atomic E-state index is 5.70. The van der Waals surface area contributed by atoms with Gasteiger partial charge in [-0.25, -0.2) is 0 Å². The second-order valence-electron chi connectivity index (χ2n) is 7.15. The van der Waals surface area contributed by atoms with Gasteiger partial charge >= 0.3 is 0 Å². The Morgan fingerprint density at radius 2 is 1.23 bits per heavy atom. The topological polar surface area (TPSA) is 18.5 Å². The van der Waals surface area contributed by atoms with Gasteiger partial charge in [-0.05, 0) is 55.4 Å². The Hall–Kier alpha value is -2.48. The highest BCUT2D eigenvalue weighted by molar-refractivity contribution is 5.91. The van der Waals surface area contributed by atoms with Crippen LogP contribution >= 0.6 is 0 Å². The van der Waals surface area contributed by atoms with Crippen molar-refractivity contribution in [1.29, 1.82) is 0 Å². The third kappa shape index (κ3) is 2.65. The molecule has 2 aromatic carbocycles. The molecule has 0 unspecified atom stereocenters. The highest BCUT2D eigenvalue weighted by Gasteiger charge is 2.43. The minimum atomic E-state index is 0.0571. The summed E-state index contributed by atoms with van der Waals surface area (Å²) in [4.78, 5) is 0. The molecule has 134 valence electrons. The zero-order chi connectivity index (χ0) is 18.0. The van der Waals surface area contributed by atoms with E-state index < -0.39 is 0 Å². The molecule has 1 atom stereocenters. The first-order valence-electron chi connectivity index (χ1n) is 9.48. The molecule has 1 spiro atoms. The number of para-hydroxylation sites is 2. The first-order chi connectivity index (χ1) is 12.8. The van der Waals surface area contributed by atoms with E-state index in [9.17, 15) is 0 Å². The standard InChI is InChI=1S/C24H26O2/c1-25-22-14-5-3-10-18(22)20-12-7-8-16-24(20)17-9-13-21(24)19-11-4-6-15-23(19)26-2/h3-6,10-15H,7-9,16-17H2,1-2H3/t24-/m0/s1. The van der Waals surface area contributed by atoms with Crippen molar-refractivity contribution in [3.8, 4) is 11.5 Å². The minimum absolute atomic E-state index is 0.0571. The summed E-state index contributed by atoms with van der Waals surface area (Å²) in [5, 5.41) is 0. The molecule has 0 fully saturated rings. The molecule has 0 saturated carbocycles. The smallest absolute Gasteiger partial charge is 0.126 e. The summed E-state index contributed by atoms with van der Waals surface area (Å²) in [5.74, 6) is 1.93. The van der Waals surface area contributed by atoms with Crippen LogP contribution in [0.1, 0.15) is 43.2 Å². The highest BCUT2D eigenvalue weighted by atomic mass is 16.5. The lowest BCUT2D eigenvalue weighted by molar-refractivity contribution is 0.402. The van der Waals surface area contributed by atoms with Crippen molar-refractivity contribution in [2.24, 2.45) is 5.41 Å². The SMILES string of the molecule is COc1ccccc1C1=CCCC[C@]12CCC=C2c1ccccc1OC. The Morgan fingerprint density at radius 1 is 0.692 bits per heavy atom. The largest absolute Gasteiger partial charge is 0.496 e. The van der Waals surface area contributed by atoms with Crippen molar-refractivity contribution < 1.29 is 9.47 Å². The minimum Gasteiger partial charge on any atom is -0.496 e. The van der Waals surface area contributed by atoms with E-state index in [2.05, 4.69) is 48.6 Å². The molecule has 0 saturated heterocycles. The molecule has 4 rings (SSSR count). The lowest BCUT2D eigenvalue weighted by Crippen LogP contribution is -2.25. The second-order valence-corrected chi connectivity index (χ2v) is 7.15. The number of benzene rings is 2. The first kappa shape index (κ1) is 17.0. The molecule has 2 nitrogen and oxygen atoms in total. The summed E-state index contributed by atoms with van der Waals surface area (Å²) in [6.07, 6.45) is 10.7. The molecule has 0 N–H and O–H groups in total. The fourth-order valence-electron chi connectivity index (χ4n) is 4.78. The van der Waals surface area contributed by atoms with E-state index in [1.165, 1.54) is 35.1 Å². The number of hydrogen-bond acceptors (Lipinski definition) is 2. The first-order valence-corrected chi connectivity index (χ1v) is 9.48. The molecular weight excluding hydrogens is 320 g/mol. The van der Waals surface area contributed by atoms with Gasteiger partial charge in [0, 0.05) is 16.5 Å². The molecule has 2 aromatic rings. The van der Waals surface area contributed by atoms with E-state index in [-0.39, 0.29) is 5.41 Å². The van der Waals surface area contributed by atoms with Crippen LogP contribution in [0.25, 0.3) is 11.1 Å². The lowest BCUT2D eigenvalue weighted by atomic mass is 9.64. The van der Waals surface area contributed by atoms with Gasteiger partial charge in [0.05, 0.1) is 14.2 Å². The van der Waals surface area contributed by atoms with Crippen LogP contribution in [0, 0.1) is 5.41 Å². The van der Waals surface area contributed by atoms with Gasteiger partial charge in [0.25, 0.3) is 0 Å². The molecule has 26 heavy (non-hydrogen) atoms. The molecule has 0 aromatic heterocycles. The predicted octanol–water partition coefficient (Wildman–Crippen LogP) is 6.13. The van der Waals surface area contributed by atoms with E-state index in [0.29, 0.717) is 0 Å². The van der Waals surface area contributed by atoms with Gasteiger partial charge in [0.2, 0.25) is 0 Å². The number of rotatable bonds is 4. The van der Waals surface area contributed by atoms with Gasteiger partial charge in [0.1, 0.15) is 11.5 Å². The van der Waals surface area contributed by atoms with E-state index in [0.717, 1.165) is 30.8 Å². The van der Waals surface area contributed by atoms with Crippen LogP contribution in [-0.2, 0) is 0 Å². The van der Waals surface area contributed by atoms with E-state index in [1.807, 2.05) is 12.1 Å². The zero-order valence-corrected chi connectivity index (χ0v) is 15.6. The average Bonchev–Trinajstić information content (AvgIpc) is 3.11. The summed E-state index contributed by atoms with van der Waals surface area (Å²) in [5.41, 5.74) is 5.37. The van der Waals surface area contributed by atoms with E-state index in [4.69, 9.17) is 9.47 Å². The fourth-order valence-corrected chi connectivity index (χ4v) is 4.78. The fraction of sp³-hybridized carbons (Fsp3) is 0.333. The van der Waals surface area contributed by atoms with Crippen molar-refractivity contribution in [2.75, 3.05) is 14.2 Å². The molecule has 0 aliphatic heterocycles. The third-order valence-corrected chi connectivity index (χ3v) is 5.90. The van der Waals surface area contributed by atoms with Gasteiger partial charge in [0.15, 0.2) is 0 Å². The van der Waals surface area contributed by atoms with Crippen LogP contribution in [0.15, 0.2) is 60.7 Å². The third-order valence-electron chi connectivity index (χ3n) is 5.90. The monoisotopic (exact) mass is 346 g/mol. The maximum absolute atomic E-state index is 5.70. The normalized spacial score (nSPS) is 22.1. The molecule has 2 aliphatic rings. The molecule has 2 heteroatoms. The van der Waals surface area contributed by atoms with Crippen LogP contribution in [0.4, 0.5) is 0 Å². The Bertz CT molecular complexity index is 862. The van der Waals surface area contributed by atoms with Gasteiger partial charge in [-0.15, -0.1) is 0 Å². The number of hydrogen-bond donors (Lipinski definition) is 0. The molecule has 0 amide bonds. The summed E-state index contributed by atoms with van der Waals surface area (Å²) >= 11 is 0. The Labute approximate surface area is 156 Å². The predicted molar refractivity (Wildman–Crippen MR) is 107 cm³/mol. The average molecular weight is 346 g/mol. The van der Waals surface area contributed by atoms with Crippen molar-refractivity contribution in [3.63, 3.8) is 0 Å². The van der Waals surface area contributed by atoms with Gasteiger partial charge < -0.3 is 9.47 Å². The maximum Gasteiger partial charge on any atom is 0.126 e. The summed E-state index contributed by atoms with van der Waals surface area (Å²) in [7, 11) is 3.53. The van der Waals surface area contributed by atoms with Gasteiger partial charge in [-0.3, -0.25) is 0 Å². The quantitative estimate of drug-likeness (QED) is 0.662. The van der Waals surface area contributed by atoms with Crippen molar-refractivity contribution in [1.82, 2.24) is 0 Å². The van der Waals surface area contributed by atoms with Crippen LogP contribution in [0.5, 0.6) is 11.5 Å². The molecule has 0 bridgehead atoms. The Morgan fingerprint density at radius 3 is 1.81 bits per heavy atom. The van der Waals surface area contributed by atoms with E-state index >= 15 is 0 Å². The van der Waals surface area contributed by atoms with Crippen LogP contribution in [0.3, 0.4) is 0 Å². The van der Waals surface area contributed by atoms with Gasteiger partial charge in [-0.2, -0.15) is 0 Å². The summed E-state index contributed by atoms with van der Waals surface area (Å²) in [6.45, 7) is 0. The van der Waals surface area contributed by atoms with E-state index in [1.54, 1.807) is 14.2 Å². The second kappa shape index (κ2) is 7.03. The highest BCUT2D eigenvalue weighted by Crippen LogP contribution is 2.60. The summed E-state index contributed by atoms with van der Waals surface area (Å²) in [6, 6.07) is 16.9. The molecule has 0 heterocycles. The van der Waals surface area contributed by atoms with Gasteiger partial charge in [-0.1, -0.05) is 48.6 Å².